The predicted octanol–water partition coefficient (Wildman–Crippen LogP) is 6.11. The van der Waals surface area contributed by atoms with Crippen molar-refractivity contribution in [2.75, 3.05) is 0 Å². The van der Waals surface area contributed by atoms with Gasteiger partial charge in [-0.2, -0.15) is 0 Å². The summed E-state index contributed by atoms with van der Waals surface area (Å²) < 4.78 is 13.7. The molecule has 2 rings (SSSR count). The van der Waals surface area contributed by atoms with Gasteiger partial charge in [-0.25, -0.2) is 4.39 Å². The first-order chi connectivity index (χ1) is 8.49. The zero-order valence-electron chi connectivity index (χ0n) is 8.93. The summed E-state index contributed by atoms with van der Waals surface area (Å²) in [6, 6.07) is 9.33. The third-order valence-electron chi connectivity index (χ3n) is 2.47. The summed E-state index contributed by atoms with van der Waals surface area (Å²) >= 11 is 23.6. The highest BCUT2D eigenvalue weighted by Gasteiger charge is 2.16. The number of hydrogen-bond donors (Lipinski definition) is 0. The smallest absolute Gasteiger partial charge is 0.129 e. The molecule has 1 atom stereocenters. The van der Waals surface area contributed by atoms with E-state index >= 15 is 0 Å². The third kappa shape index (κ3) is 2.92. The molecule has 18 heavy (non-hydrogen) atoms. The molecule has 2 aromatic carbocycles. The van der Waals surface area contributed by atoms with Gasteiger partial charge in [0.05, 0.1) is 15.4 Å². The normalized spacial score (nSPS) is 12.5. The van der Waals surface area contributed by atoms with E-state index in [0.29, 0.717) is 26.2 Å². The van der Waals surface area contributed by atoms with Gasteiger partial charge in [-0.1, -0.05) is 46.9 Å². The standard InChI is InChI=1S/C13H7Cl4F/c14-8-2-3-9(12(18)6-8)13(17)7-1-4-10(15)11(16)5-7/h1-6,13H. The lowest BCUT2D eigenvalue weighted by atomic mass is 10.0. The van der Waals surface area contributed by atoms with E-state index in [2.05, 4.69) is 0 Å². The van der Waals surface area contributed by atoms with E-state index in [9.17, 15) is 4.39 Å². The Kier molecular flexibility index (Phi) is 4.39. The summed E-state index contributed by atoms with van der Waals surface area (Å²) in [5.74, 6) is -0.450. The van der Waals surface area contributed by atoms with Crippen molar-refractivity contribution in [2.45, 2.75) is 5.38 Å². The van der Waals surface area contributed by atoms with E-state index in [1.54, 1.807) is 30.3 Å². The van der Waals surface area contributed by atoms with E-state index in [0.717, 1.165) is 0 Å². The van der Waals surface area contributed by atoms with Crippen LogP contribution in [-0.4, -0.2) is 0 Å². The minimum absolute atomic E-state index is 0.328. The molecular weight excluding hydrogens is 317 g/mol. The van der Waals surface area contributed by atoms with Gasteiger partial charge in [0.25, 0.3) is 0 Å². The van der Waals surface area contributed by atoms with Crippen LogP contribution in [0.5, 0.6) is 0 Å². The van der Waals surface area contributed by atoms with Crippen molar-refractivity contribution in [3.05, 3.63) is 68.4 Å². The van der Waals surface area contributed by atoms with Crippen LogP contribution in [0.3, 0.4) is 0 Å². The second kappa shape index (κ2) is 5.66. The SMILES string of the molecule is Fc1cc(Cl)ccc1C(Cl)c1ccc(Cl)c(Cl)c1. The topological polar surface area (TPSA) is 0 Å². The predicted molar refractivity (Wildman–Crippen MR) is 75.6 cm³/mol. The monoisotopic (exact) mass is 322 g/mol. The second-order valence-corrected chi connectivity index (χ2v) is 5.39. The Morgan fingerprint density at radius 3 is 2.22 bits per heavy atom. The zero-order valence-corrected chi connectivity index (χ0v) is 12.0. The number of rotatable bonds is 2. The lowest BCUT2D eigenvalue weighted by Gasteiger charge is -2.12. The van der Waals surface area contributed by atoms with Gasteiger partial charge >= 0.3 is 0 Å². The summed E-state index contributed by atoms with van der Waals surface area (Å²) in [6.45, 7) is 0. The quantitative estimate of drug-likeness (QED) is 0.584. The first-order valence-corrected chi connectivity index (χ1v) is 6.60. The lowest BCUT2D eigenvalue weighted by molar-refractivity contribution is 0.612. The summed E-state index contributed by atoms with van der Waals surface area (Å²) in [6.07, 6.45) is 0. The van der Waals surface area contributed by atoms with Crippen molar-refractivity contribution in [1.82, 2.24) is 0 Å². The van der Waals surface area contributed by atoms with Gasteiger partial charge in [-0.3, -0.25) is 0 Å². The minimum atomic E-state index is -0.642. The highest BCUT2D eigenvalue weighted by molar-refractivity contribution is 6.42. The van der Waals surface area contributed by atoms with E-state index in [1.807, 2.05) is 0 Å². The molecule has 0 fully saturated rings. The number of alkyl halides is 1. The molecule has 0 N–H and O–H groups in total. The van der Waals surface area contributed by atoms with E-state index in [1.165, 1.54) is 6.07 Å². The molecule has 0 spiro atoms. The Labute approximate surface area is 124 Å². The molecule has 1 unspecified atom stereocenters. The molecule has 0 amide bonds. The van der Waals surface area contributed by atoms with Crippen molar-refractivity contribution in [3.8, 4) is 0 Å². The molecule has 0 saturated heterocycles. The Bertz CT molecular complexity index is 583. The molecule has 2 aromatic rings. The number of halogens is 5. The fourth-order valence-electron chi connectivity index (χ4n) is 1.56. The molecule has 0 radical (unpaired) electrons. The largest absolute Gasteiger partial charge is 0.207 e. The molecule has 0 nitrogen and oxygen atoms in total. The molecular formula is C13H7Cl4F. The highest BCUT2D eigenvalue weighted by Crippen LogP contribution is 2.34. The van der Waals surface area contributed by atoms with E-state index in [-0.39, 0.29) is 0 Å². The van der Waals surface area contributed by atoms with Gasteiger partial charge in [-0.05, 0) is 29.8 Å². The zero-order chi connectivity index (χ0) is 13.3. The van der Waals surface area contributed by atoms with Crippen LogP contribution < -0.4 is 0 Å². The molecule has 0 aromatic heterocycles. The Hall–Kier alpha value is -0.470. The van der Waals surface area contributed by atoms with Gasteiger partial charge in [0.1, 0.15) is 5.82 Å². The molecule has 0 aliphatic carbocycles. The second-order valence-electron chi connectivity index (χ2n) is 3.70. The van der Waals surface area contributed by atoms with Crippen LogP contribution in [0.1, 0.15) is 16.5 Å². The molecule has 5 heteroatoms. The van der Waals surface area contributed by atoms with Crippen LogP contribution in [0.15, 0.2) is 36.4 Å². The van der Waals surface area contributed by atoms with Crippen LogP contribution in [-0.2, 0) is 0 Å². The van der Waals surface area contributed by atoms with Crippen molar-refractivity contribution in [3.63, 3.8) is 0 Å². The maximum Gasteiger partial charge on any atom is 0.129 e. The fraction of sp³-hybridized carbons (Fsp3) is 0.0769. The van der Waals surface area contributed by atoms with Crippen molar-refractivity contribution >= 4 is 46.4 Å². The summed E-state index contributed by atoms with van der Waals surface area (Å²) in [7, 11) is 0. The van der Waals surface area contributed by atoms with Crippen LogP contribution in [0.2, 0.25) is 15.1 Å². The molecule has 0 saturated carbocycles. The average molecular weight is 324 g/mol. The first-order valence-electron chi connectivity index (χ1n) is 5.03. The molecule has 0 aliphatic rings. The first kappa shape index (κ1) is 14.0. The van der Waals surface area contributed by atoms with Crippen molar-refractivity contribution in [2.24, 2.45) is 0 Å². The van der Waals surface area contributed by atoms with Gasteiger partial charge in [0.2, 0.25) is 0 Å². The summed E-state index contributed by atoms with van der Waals surface area (Å²) in [5, 5.41) is 0.501. The van der Waals surface area contributed by atoms with E-state index < -0.39 is 11.2 Å². The third-order valence-corrected chi connectivity index (χ3v) is 3.93. The molecule has 0 bridgehead atoms. The Morgan fingerprint density at radius 1 is 0.889 bits per heavy atom. The maximum atomic E-state index is 13.7. The minimum Gasteiger partial charge on any atom is -0.207 e. The van der Waals surface area contributed by atoms with Gasteiger partial charge in [-0.15, -0.1) is 11.6 Å². The fourth-order valence-corrected chi connectivity index (χ4v) is 2.33. The molecule has 0 heterocycles. The number of hydrogen-bond acceptors (Lipinski definition) is 0. The maximum absolute atomic E-state index is 13.7. The van der Waals surface area contributed by atoms with Gasteiger partial charge < -0.3 is 0 Å². The highest BCUT2D eigenvalue weighted by atomic mass is 35.5. The number of benzene rings is 2. The lowest BCUT2D eigenvalue weighted by Crippen LogP contribution is -1.97. The van der Waals surface area contributed by atoms with E-state index in [4.69, 9.17) is 46.4 Å². The van der Waals surface area contributed by atoms with Gasteiger partial charge in [0.15, 0.2) is 0 Å². The Balaban J connectivity index is 2.41. The molecule has 94 valence electrons. The van der Waals surface area contributed by atoms with Crippen LogP contribution >= 0.6 is 46.4 Å². The van der Waals surface area contributed by atoms with Crippen LogP contribution in [0, 0.1) is 5.82 Å². The summed E-state index contributed by atoms with van der Waals surface area (Å²) in [4.78, 5) is 0. The summed E-state index contributed by atoms with van der Waals surface area (Å²) in [5.41, 5.74) is 1.02. The van der Waals surface area contributed by atoms with Crippen LogP contribution in [0.25, 0.3) is 0 Å². The van der Waals surface area contributed by atoms with Crippen molar-refractivity contribution in [1.29, 1.82) is 0 Å². The van der Waals surface area contributed by atoms with Crippen molar-refractivity contribution < 1.29 is 4.39 Å². The average Bonchev–Trinajstić information content (AvgIpc) is 2.32. The molecule has 0 aliphatic heterocycles. The van der Waals surface area contributed by atoms with Crippen LogP contribution in [0.4, 0.5) is 4.39 Å². The van der Waals surface area contributed by atoms with Gasteiger partial charge in [0, 0.05) is 10.6 Å². The Morgan fingerprint density at radius 2 is 1.61 bits per heavy atom.